The molecule has 1 unspecified atom stereocenters. The van der Waals surface area contributed by atoms with Crippen LogP contribution < -0.4 is 10.1 Å². The smallest absolute Gasteiger partial charge is 0.230 e. The van der Waals surface area contributed by atoms with Crippen LogP contribution in [0, 0.1) is 6.92 Å². The van der Waals surface area contributed by atoms with E-state index in [9.17, 15) is 4.79 Å². The number of rotatable bonds is 8. The molecule has 1 heterocycles. The molecule has 29 heavy (non-hydrogen) atoms. The minimum Gasteiger partial charge on any atom is -0.496 e. The molecule has 2 aromatic carbocycles. The fourth-order valence-corrected chi connectivity index (χ4v) is 3.61. The monoisotopic (exact) mass is 410 g/mol. The van der Waals surface area contributed by atoms with E-state index in [4.69, 9.17) is 4.74 Å². The molecule has 0 saturated carbocycles. The molecule has 1 atom stereocenters. The van der Waals surface area contributed by atoms with Crippen LogP contribution >= 0.6 is 11.8 Å². The average molecular weight is 411 g/mol. The Labute approximate surface area is 175 Å². The van der Waals surface area contributed by atoms with Crippen LogP contribution in [-0.4, -0.2) is 39.6 Å². The lowest BCUT2D eigenvalue weighted by molar-refractivity contribution is -0.119. The number of nitrogens with one attached hydrogen (secondary N) is 1. The third-order valence-corrected chi connectivity index (χ3v) is 5.55. The molecule has 7 heteroatoms. The van der Waals surface area contributed by atoms with Crippen molar-refractivity contribution in [3.8, 4) is 22.8 Å². The van der Waals surface area contributed by atoms with Crippen molar-refractivity contribution in [2.75, 3.05) is 12.9 Å². The fourth-order valence-electron chi connectivity index (χ4n) is 2.84. The molecule has 0 saturated heterocycles. The summed E-state index contributed by atoms with van der Waals surface area (Å²) in [6.07, 6.45) is 0.897. The van der Waals surface area contributed by atoms with Crippen LogP contribution in [0.25, 0.3) is 17.1 Å². The van der Waals surface area contributed by atoms with Gasteiger partial charge in [0.15, 0.2) is 11.0 Å². The highest BCUT2D eigenvalue weighted by atomic mass is 32.2. The van der Waals surface area contributed by atoms with Crippen molar-refractivity contribution in [2.45, 2.75) is 38.4 Å². The summed E-state index contributed by atoms with van der Waals surface area (Å²) >= 11 is 1.37. The van der Waals surface area contributed by atoms with Crippen LogP contribution in [0.4, 0.5) is 0 Å². The van der Waals surface area contributed by atoms with Gasteiger partial charge in [-0.15, -0.1) is 10.2 Å². The van der Waals surface area contributed by atoms with Gasteiger partial charge in [-0.1, -0.05) is 48.5 Å². The van der Waals surface area contributed by atoms with Crippen molar-refractivity contribution in [1.82, 2.24) is 20.1 Å². The van der Waals surface area contributed by atoms with Gasteiger partial charge in [-0.2, -0.15) is 0 Å². The summed E-state index contributed by atoms with van der Waals surface area (Å²) in [6, 6.07) is 16.0. The molecule has 0 fully saturated rings. The molecule has 1 amide bonds. The number of aromatic nitrogens is 3. The van der Waals surface area contributed by atoms with Crippen molar-refractivity contribution < 1.29 is 9.53 Å². The normalized spacial score (nSPS) is 11.9. The second-order valence-electron chi connectivity index (χ2n) is 6.84. The first kappa shape index (κ1) is 20.9. The van der Waals surface area contributed by atoms with Crippen LogP contribution in [0.3, 0.4) is 0 Å². The molecule has 0 spiro atoms. The maximum absolute atomic E-state index is 12.2. The van der Waals surface area contributed by atoms with Gasteiger partial charge in [0.05, 0.1) is 18.4 Å². The topological polar surface area (TPSA) is 69.0 Å². The Kier molecular flexibility index (Phi) is 6.93. The minimum absolute atomic E-state index is 0.0124. The molecular weight excluding hydrogens is 384 g/mol. The Morgan fingerprint density at radius 3 is 2.59 bits per heavy atom. The molecule has 0 aliphatic carbocycles. The zero-order valence-corrected chi connectivity index (χ0v) is 18.0. The van der Waals surface area contributed by atoms with E-state index in [2.05, 4.69) is 15.5 Å². The van der Waals surface area contributed by atoms with E-state index in [-0.39, 0.29) is 17.7 Å². The third-order valence-electron chi connectivity index (χ3n) is 4.63. The molecule has 152 valence electrons. The quantitative estimate of drug-likeness (QED) is 0.562. The summed E-state index contributed by atoms with van der Waals surface area (Å²) in [5.74, 6) is 1.66. The fraction of sp³-hybridized carbons (Fsp3) is 0.318. The highest BCUT2D eigenvalue weighted by Gasteiger charge is 2.20. The van der Waals surface area contributed by atoms with Crippen molar-refractivity contribution in [3.63, 3.8) is 0 Å². The van der Waals surface area contributed by atoms with Gasteiger partial charge in [0.1, 0.15) is 5.75 Å². The van der Waals surface area contributed by atoms with Crippen molar-refractivity contribution in [3.05, 3.63) is 54.1 Å². The minimum atomic E-state index is -0.0124. The standard InChI is InChI=1S/C22H26N4O2S/c1-5-16(3)23-20(27)14-29-22-25-24-21(18-8-6-7-9-19(18)28-4)26(22)17-12-10-15(2)11-13-17/h6-13,16H,5,14H2,1-4H3,(H,23,27). The number of carbonyl (C=O) groups excluding carboxylic acids is 1. The van der Waals surface area contributed by atoms with Gasteiger partial charge in [0.2, 0.25) is 5.91 Å². The first-order valence-electron chi connectivity index (χ1n) is 9.61. The molecule has 3 rings (SSSR count). The highest BCUT2D eigenvalue weighted by Crippen LogP contribution is 2.33. The summed E-state index contributed by atoms with van der Waals surface area (Å²) in [5.41, 5.74) is 2.95. The van der Waals surface area contributed by atoms with Gasteiger partial charge in [-0.25, -0.2) is 0 Å². The van der Waals surface area contributed by atoms with E-state index < -0.39 is 0 Å². The van der Waals surface area contributed by atoms with Crippen LogP contribution in [0.1, 0.15) is 25.8 Å². The summed E-state index contributed by atoms with van der Waals surface area (Å²) in [7, 11) is 1.64. The number of para-hydroxylation sites is 1. The zero-order valence-electron chi connectivity index (χ0n) is 17.2. The number of hydrogen-bond donors (Lipinski definition) is 1. The Morgan fingerprint density at radius 2 is 1.90 bits per heavy atom. The van der Waals surface area contributed by atoms with Gasteiger partial charge in [0, 0.05) is 11.7 Å². The first-order chi connectivity index (χ1) is 14.0. The number of hydrogen-bond acceptors (Lipinski definition) is 5. The third kappa shape index (κ3) is 4.98. The molecule has 1 N–H and O–H groups in total. The van der Waals surface area contributed by atoms with Gasteiger partial charge < -0.3 is 10.1 Å². The highest BCUT2D eigenvalue weighted by molar-refractivity contribution is 7.99. The molecule has 0 bridgehead atoms. The number of methoxy groups -OCH3 is 1. The maximum Gasteiger partial charge on any atom is 0.230 e. The number of thioether (sulfide) groups is 1. The summed E-state index contributed by atoms with van der Waals surface area (Å²) < 4.78 is 7.49. The lowest BCUT2D eigenvalue weighted by atomic mass is 10.1. The van der Waals surface area contributed by atoms with E-state index in [1.165, 1.54) is 17.3 Å². The Balaban J connectivity index is 1.98. The van der Waals surface area contributed by atoms with E-state index in [0.717, 1.165) is 23.4 Å². The van der Waals surface area contributed by atoms with Gasteiger partial charge in [0.25, 0.3) is 0 Å². The Morgan fingerprint density at radius 1 is 1.17 bits per heavy atom. The molecular formula is C22H26N4O2S. The van der Waals surface area contributed by atoms with E-state index in [1.807, 2.05) is 73.9 Å². The van der Waals surface area contributed by atoms with Crippen LogP contribution in [0.5, 0.6) is 5.75 Å². The number of amides is 1. The number of benzene rings is 2. The van der Waals surface area contributed by atoms with Gasteiger partial charge >= 0.3 is 0 Å². The number of aryl methyl sites for hydroxylation is 1. The summed E-state index contributed by atoms with van der Waals surface area (Å²) in [6.45, 7) is 6.09. The zero-order chi connectivity index (χ0) is 20.8. The Bertz CT molecular complexity index is 969. The average Bonchev–Trinajstić information content (AvgIpc) is 3.16. The Hall–Kier alpha value is -2.80. The molecule has 3 aromatic rings. The van der Waals surface area contributed by atoms with Crippen LogP contribution in [-0.2, 0) is 4.79 Å². The number of nitrogens with zero attached hydrogens (tertiary/aromatic N) is 3. The van der Waals surface area contributed by atoms with E-state index >= 15 is 0 Å². The number of ether oxygens (including phenoxy) is 1. The largest absolute Gasteiger partial charge is 0.496 e. The van der Waals surface area contributed by atoms with Gasteiger partial charge in [-0.3, -0.25) is 9.36 Å². The summed E-state index contributed by atoms with van der Waals surface area (Å²) in [5, 5.41) is 12.5. The first-order valence-corrected chi connectivity index (χ1v) is 10.6. The predicted molar refractivity (Wildman–Crippen MR) is 117 cm³/mol. The van der Waals surface area contributed by atoms with Crippen molar-refractivity contribution >= 4 is 17.7 Å². The second-order valence-corrected chi connectivity index (χ2v) is 7.79. The maximum atomic E-state index is 12.2. The lowest BCUT2D eigenvalue weighted by Crippen LogP contribution is -2.33. The van der Waals surface area contributed by atoms with Gasteiger partial charge in [-0.05, 0) is 44.5 Å². The molecule has 6 nitrogen and oxygen atoms in total. The van der Waals surface area contributed by atoms with Crippen LogP contribution in [0.2, 0.25) is 0 Å². The summed E-state index contributed by atoms with van der Waals surface area (Å²) in [4.78, 5) is 12.2. The lowest BCUT2D eigenvalue weighted by Gasteiger charge is -2.13. The molecule has 0 aliphatic rings. The van der Waals surface area contributed by atoms with E-state index in [0.29, 0.717) is 11.0 Å². The SMILES string of the molecule is CCC(C)NC(=O)CSc1nnc(-c2ccccc2OC)n1-c1ccc(C)cc1. The molecule has 1 aromatic heterocycles. The molecule has 0 aliphatic heterocycles. The van der Waals surface area contributed by atoms with Crippen molar-refractivity contribution in [1.29, 1.82) is 0 Å². The van der Waals surface area contributed by atoms with Crippen molar-refractivity contribution in [2.24, 2.45) is 0 Å². The second kappa shape index (κ2) is 9.60. The van der Waals surface area contributed by atoms with E-state index in [1.54, 1.807) is 7.11 Å². The predicted octanol–water partition coefficient (Wildman–Crippen LogP) is 4.26. The number of carbonyl (C=O) groups is 1. The van der Waals surface area contributed by atoms with Crippen LogP contribution in [0.15, 0.2) is 53.7 Å². The molecule has 0 radical (unpaired) electrons.